The van der Waals surface area contributed by atoms with E-state index in [1.165, 1.54) is 4.31 Å². The standard InChI is InChI=1S/C18H17BrN2O2S2/c1-13-12-17(24-20-13)25(22,23)21(2)18(14-8-4-3-5-9-14)15-10-6-7-11-16(15)19/h3-12,18H,1-2H3. The van der Waals surface area contributed by atoms with Crippen molar-refractivity contribution in [3.05, 3.63) is 82.0 Å². The van der Waals surface area contributed by atoms with Crippen LogP contribution in [0, 0.1) is 6.92 Å². The van der Waals surface area contributed by atoms with Crippen LogP contribution < -0.4 is 0 Å². The van der Waals surface area contributed by atoms with Gasteiger partial charge in [-0.2, -0.15) is 8.68 Å². The topological polar surface area (TPSA) is 50.3 Å². The Morgan fingerprint density at radius 2 is 1.72 bits per heavy atom. The lowest BCUT2D eigenvalue weighted by atomic mass is 9.99. The van der Waals surface area contributed by atoms with Crippen molar-refractivity contribution < 1.29 is 8.42 Å². The Bertz CT molecular complexity index is 972. The summed E-state index contributed by atoms with van der Waals surface area (Å²) >= 11 is 4.56. The van der Waals surface area contributed by atoms with Crippen LogP contribution in [0.1, 0.15) is 22.9 Å². The summed E-state index contributed by atoms with van der Waals surface area (Å²) in [6.07, 6.45) is 0. The van der Waals surface area contributed by atoms with E-state index in [-0.39, 0.29) is 4.21 Å². The van der Waals surface area contributed by atoms with Crippen molar-refractivity contribution in [2.45, 2.75) is 17.2 Å². The maximum atomic E-state index is 13.1. The van der Waals surface area contributed by atoms with E-state index in [0.29, 0.717) is 5.69 Å². The highest BCUT2D eigenvalue weighted by Crippen LogP contribution is 2.36. The molecule has 1 aromatic heterocycles. The quantitative estimate of drug-likeness (QED) is 0.585. The molecule has 4 nitrogen and oxygen atoms in total. The summed E-state index contributed by atoms with van der Waals surface area (Å²) in [5, 5.41) is 0. The Morgan fingerprint density at radius 3 is 2.32 bits per heavy atom. The third kappa shape index (κ3) is 3.69. The predicted molar refractivity (Wildman–Crippen MR) is 104 cm³/mol. The normalized spacial score (nSPS) is 13.1. The van der Waals surface area contributed by atoms with Crippen LogP contribution >= 0.6 is 27.5 Å². The van der Waals surface area contributed by atoms with Gasteiger partial charge in [0.15, 0.2) is 4.21 Å². The van der Waals surface area contributed by atoms with E-state index in [4.69, 9.17) is 0 Å². The van der Waals surface area contributed by atoms with E-state index < -0.39 is 16.1 Å². The molecule has 25 heavy (non-hydrogen) atoms. The van der Waals surface area contributed by atoms with Gasteiger partial charge in [-0.1, -0.05) is 64.5 Å². The van der Waals surface area contributed by atoms with E-state index in [2.05, 4.69) is 20.3 Å². The van der Waals surface area contributed by atoms with Crippen LogP contribution in [0.3, 0.4) is 0 Å². The van der Waals surface area contributed by atoms with Crippen LogP contribution in [0.25, 0.3) is 0 Å². The van der Waals surface area contributed by atoms with Crippen molar-refractivity contribution in [1.82, 2.24) is 8.68 Å². The maximum absolute atomic E-state index is 13.1. The first-order chi connectivity index (χ1) is 11.9. The second-order valence-electron chi connectivity index (χ2n) is 5.64. The molecule has 1 atom stereocenters. The summed E-state index contributed by atoms with van der Waals surface area (Å²) in [5.41, 5.74) is 2.50. The monoisotopic (exact) mass is 436 g/mol. The number of rotatable bonds is 5. The Labute approximate surface area is 160 Å². The molecule has 0 bridgehead atoms. The first-order valence-corrected chi connectivity index (χ1v) is 10.6. The molecular formula is C18H17BrN2O2S2. The number of sulfonamides is 1. The molecule has 0 spiro atoms. The van der Waals surface area contributed by atoms with Crippen LogP contribution in [0.2, 0.25) is 0 Å². The van der Waals surface area contributed by atoms with Crippen LogP contribution in [0.15, 0.2) is 69.3 Å². The predicted octanol–water partition coefficient (Wildman–Crippen LogP) is 4.62. The number of hydrogen-bond donors (Lipinski definition) is 0. The number of aryl methyl sites for hydroxylation is 1. The van der Waals surface area contributed by atoms with E-state index >= 15 is 0 Å². The van der Waals surface area contributed by atoms with Gasteiger partial charge in [-0.3, -0.25) is 0 Å². The maximum Gasteiger partial charge on any atom is 0.254 e. The highest BCUT2D eigenvalue weighted by atomic mass is 79.9. The SMILES string of the molecule is Cc1cc(S(=O)(=O)N(C)C(c2ccccc2)c2ccccc2Br)sn1. The van der Waals surface area contributed by atoms with E-state index in [1.807, 2.05) is 54.6 Å². The summed E-state index contributed by atoms with van der Waals surface area (Å²) in [5.74, 6) is 0. The average molecular weight is 437 g/mol. The molecule has 0 saturated carbocycles. The summed E-state index contributed by atoms with van der Waals surface area (Å²) in [7, 11) is -2.05. The third-order valence-corrected chi connectivity index (χ3v) is 7.77. The fourth-order valence-corrected chi connectivity index (χ4v) is 5.63. The number of hydrogen-bond acceptors (Lipinski definition) is 4. The first-order valence-electron chi connectivity index (χ1n) is 7.62. The van der Waals surface area contributed by atoms with Crippen LogP contribution in [0.4, 0.5) is 0 Å². The Kier molecular flexibility index (Phi) is 5.38. The van der Waals surface area contributed by atoms with Gasteiger partial charge in [0.05, 0.1) is 11.7 Å². The van der Waals surface area contributed by atoms with Gasteiger partial charge in [0.2, 0.25) is 0 Å². The second kappa shape index (κ2) is 7.37. The second-order valence-corrected chi connectivity index (χ2v) is 9.53. The molecule has 3 aromatic rings. The third-order valence-electron chi connectivity index (χ3n) is 3.92. The van der Waals surface area contributed by atoms with Gasteiger partial charge in [-0.25, -0.2) is 8.42 Å². The smallest absolute Gasteiger partial charge is 0.206 e. The van der Waals surface area contributed by atoms with Gasteiger partial charge in [-0.15, -0.1) is 0 Å². The Hall–Kier alpha value is -1.54. The van der Waals surface area contributed by atoms with Gasteiger partial charge in [-0.05, 0) is 41.7 Å². The minimum absolute atomic E-state index is 0.250. The van der Waals surface area contributed by atoms with E-state index in [0.717, 1.165) is 27.1 Å². The molecule has 1 unspecified atom stereocenters. The van der Waals surface area contributed by atoms with E-state index in [9.17, 15) is 8.42 Å². The summed E-state index contributed by atoms with van der Waals surface area (Å²) in [6, 6.07) is 18.5. The van der Waals surface area contributed by atoms with Crippen LogP contribution in [0.5, 0.6) is 0 Å². The number of aromatic nitrogens is 1. The van der Waals surface area contributed by atoms with Crippen molar-refractivity contribution in [2.75, 3.05) is 7.05 Å². The molecule has 7 heteroatoms. The zero-order valence-electron chi connectivity index (χ0n) is 13.8. The van der Waals surface area contributed by atoms with E-state index in [1.54, 1.807) is 20.0 Å². The van der Waals surface area contributed by atoms with Crippen molar-refractivity contribution in [3.8, 4) is 0 Å². The first kappa shape index (κ1) is 18.3. The molecule has 0 N–H and O–H groups in total. The van der Waals surface area contributed by atoms with Crippen LogP contribution in [-0.4, -0.2) is 24.1 Å². The zero-order valence-corrected chi connectivity index (χ0v) is 17.0. The zero-order chi connectivity index (χ0) is 18.0. The molecule has 0 amide bonds. The van der Waals surface area contributed by atoms with Gasteiger partial charge < -0.3 is 0 Å². The lowest BCUT2D eigenvalue weighted by Crippen LogP contribution is -2.31. The average Bonchev–Trinajstić information content (AvgIpc) is 3.05. The molecule has 0 aliphatic rings. The van der Waals surface area contributed by atoms with Gasteiger partial charge in [0, 0.05) is 11.5 Å². The van der Waals surface area contributed by atoms with Crippen molar-refractivity contribution in [1.29, 1.82) is 0 Å². The lowest BCUT2D eigenvalue weighted by molar-refractivity contribution is 0.418. The summed E-state index contributed by atoms with van der Waals surface area (Å²) in [6.45, 7) is 1.79. The van der Waals surface area contributed by atoms with Crippen molar-refractivity contribution in [3.63, 3.8) is 0 Å². The minimum atomic E-state index is -3.66. The van der Waals surface area contributed by atoms with Gasteiger partial charge in [0.25, 0.3) is 10.0 Å². The highest BCUT2D eigenvalue weighted by molar-refractivity contribution is 9.10. The molecule has 3 rings (SSSR count). The molecular weight excluding hydrogens is 420 g/mol. The Morgan fingerprint density at radius 1 is 1.08 bits per heavy atom. The number of benzene rings is 2. The van der Waals surface area contributed by atoms with Crippen LogP contribution in [-0.2, 0) is 10.0 Å². The molecule has 0 fully saturated rings. The summed E-state index contributed by atoms with van der Waals surface area (Å²) < 4.78 is 32.9. The molecule has 0 aliphatic carbocycles. The Balaban J connectivity index is 2.13. The molecule has 130 valence electrons. The molecule has 0 radical (unpaired) electrons. The minimum Gasteiger partial charge on any atom is -0.206 e. The fraction of sp³-hybridized carbons (Fsp3) is 0.167. The lowest BCUT2D eigenvalue weighted by Gasteiger charge is -2.28. The number of nitrogens with zero attached hydrogens (tertiary/aromatic N) is 2. The van der Waals surface area contributed by atoms with Crippen molar-refractivity contribution >= 4 is 37.5 Å². The fourth-order valence-electron chi connectivity index (χ4n) is 2.66. The molecule has 1 heterocycles. The van der Waals surface area contributed by atoms with Gasteiger partial charge in [0.1, 0.15) is 0 Å². The number of halogens is 1. The van der Waals surface area contributed by atoms with Gasteiger partial charge >= 0.3 is 0 Å². The molecule has 0 aliphatic heterocycles. The highest BCUT2D eigenvalue weighted by Gasteiger charge is 2.32. The molecule has 2 aromatic carbocycles. The van der Waals surface area contributed by atoms with Crippen molar-refractivity contribution in [2.24, 2.45) is 0 Å². The summed E-state index contributed by atoms with van der Waals surface area (Å²) in [4.78, 5) is 0. The molecule has 0 saturated heterocycles. The largest absolute Gasteiger partial charge is 0.254 e.